The lowest BCUT2D eigenvalue weighted by Gasteiger charge is -2.13. The summed E-state index contributed by atoms with van der Waals surface area (Å²) in [6.45, 7) is 5.43. The first-order chi connectivity index (χ1) is 7.77. The van der Waals surface area contributed by atoms with Gasteiger partial charge >= 0.3 is 0 Å². The van der Waals surface area contributed by atoms with Gasteiger partial charge in [-0.05, 0) is 24.8 Å². The third-order valence-electron chi connectivity index (χ3n) is 2.78. The minimum absolute atomic E-state index is 0.596. The lowest BCUT2D eigenvalue weighted by atomic mass is 10.1. The highest BCUT2D eigenvalue weighted by molar-refractivity contribution is 7.10. The van der Waals surface area contributed by atoms with Gasteiger partial charge in [-0.2, -0.15) is 0 Å². The summed E-state index contributed by atoms with van der Waals surface area (Å²) in [6, 6.07) is 2.63. The number of thiophene rings is 1. The molecule has 3 heteroatoms. The van der Waals surface area contributed by atoms with Gasteiger partial charge in [0.25, 0.3) is 0 Å². The van der Waals surface area contributed by atoms with Gasteiger partial charge in [0.2, 0.25) is 0 Å². The molecule has 0 aliphatic carbocycles. The Morgan fingerprint density at radius 3 is 2.94 bits per heavy atom. The fourth-order valence-electron chi connectivity index (χ4n) is 1.71. The zero-order chi connectivity index (χ0) is 11.8. The van der Waals surface area contributed by atoms with Crippen molar-refractivity contribution in [3.63, 3.8) is 0 Å². The molecule has 2 nitrogen and oxygen atoms in total. The Balaban J connectivity index is 2.23. The standard InChI is InChI=1S/C13H23NOS/c1-4-5-6-7-11(2)14-10-13-12(15-3)8-9-16-13/h8-9,11,14H,4-7,10H2,1-3H3. The van der Waals surface area contributed by atoms with Crippen LogP contribution in [0.1, 0.15) is 44.4 Å². The van der Waals surface area contributed by atoms with Crippen molar-refractivity contribution < 1.29 is 4.74 Å². The summed E-state index contributed by atoms with van der Waals surface area (Å²) in [7, 11) is 1.73. The Morgan fingerprint density at radius 1 is 1.44 bits per heavy atom. The van der Waals surface area contributed by atoms with Crippen LogP contribution in [0, 0.1) is 0 Å². The third-order valence-corrected chi connectivity index (χ3v) is 3.68. The molecule has 0 spiro atoms. The SMILES string of the molecule is CCCCCC(C)NCc1sccc1OC. The van der Waals surface area contributed by atoms with Gasteiger partial charge in [0.1, 0.15) is 5.75 Å². The molecule has 16 heavy (non-hydrogen) atoms. The van der Waals surface area contributed by atoms with E-state index in [1.807, 2.05) is 6.07 Å². The first-order valence-electron chi connectivity index (χ1n) is 6.11. The molecule has 0 saturated heterocycles. The molecule has 0 bridgehead atoms. The lowest BCUT2D eigenvalue weighted by Crippen LogP contribution is -2.25. The zero-order valence-electron chi connectivity index (χ0n) is 10.6. The second-order valence-electron chi connectivity index (χ2n) is 4.19. The number of rotatable bonds is 8. The lowest BCUT2D eigenvalue weighted by molar-refractivity contribution is 0.407. The van der Waals surface area contributed by atoms with Crippen molar-refractivity contribution >= 4 is 11.3 Å². The van der Waals surface area contributed by atoms with E-state index in [1.54, 1.807) is 18.4 Å². The van der Waals surface area contributed by atoms with Gasteiger partial charge in [0.15, 0.2) is 0 Å². The van der Waals surface area contributed by atoms with E-state index in [0.717, 1.165) is 12.3 Å². The van der Waals surface area contributed by atoms with E-state index < -0.39 is 0 Å². The van der Waals surface area contributed by atoms with Crippen molar-refractivity contribution in [2.24, 2.45) is 0 Å². The van der Waals surface area contributed by atoms with Crippen molar-refractivity contribution in [1.29, 1.82) is 0 Å². The Kier molecular flexibility index (Phi) is 6.50. The first-order valence-corrected chi connectivity index (χ1v) is 6.99. The van der Waals surface area contributed by atoms with E-state index in [4.69, 9.17) is 4.74 Å². The van der Waals surface area contributed by atoms with E-state index in [9.17, 15) is 0 Å². The van der Waals surface area contributed by atoms with Gasteiger partial charge in [-0.3, -0.25) is 0 Å². The second kappa shape index (κ2) is 7.69. The van der Waals surface area contributed by atoms with Crippen LogP contribution in [-0.4, -0.2) is 13.2 Å². The highest BCUT2D eigenvalue weighted by atomic mass is 32.1. The molecule has 1 unspecified atom stereocenters. The maximum absolute atomic E-state index is 5.29. The summed E-state index contributed by atoms with van der Waals surface area (Å²) < 4.78 is 5.29. The largest absolute Gasteiger partial charge is 0.496 e. The molecule has 92 valence electrons. The van der Waals surface area contributed by atoms with Crippen LogP contribution in [0.4, 0.5) is 0 Å². The van der Waals surface area contributed by atoms with E-state index >= 15 is 0 Å². The van der Waals surface area contributed by atoms with Crippen molar-refractivity contribution in [3.8, 4) is 5.75 Å². The first kappa shape index (κ1) is 13.5. The molecule has 0 aliphatic heterocycles. The number of nitrogens with one attached hydrogen (secondary N) is 1. The highest BCUT2D eigenvalue weighted by Crippen LogP contribution is 2.24. The summed E-state index contributed by atoms with van der Waals surface area (Å²) in [5.41, 5.74) is 0. The molecular weight excluding hydrogens is 218 g/mol. The Labute approximate surface area is 103 Å². The van der Waals surface area contributed by atoms with Crippen LogP contribution in [0.5, 0.6) is 5.75 Å². The van der Waals surface area contributed by atoms with Crippen LogP contribution in [0.2, 0.25) is 0 Å². The predicted molar refractivity (Wildman–Crippen MR) is 71.3 cm³/mol. The molecule has 1 N–H and O–H groups in total. The Hall–Kier alpha value is -0.540. The third kappa shape index (κ3) is 4.54. The van der Waals surface area contributed by atoms with Crippen molar-refractivity contribution in [2.45, 2.75) is 52.1 Å². The van der Waals surface area contributed by atoms with E-state index in [2.05, 4.69) is 24.5 Å². The number of unbranched alkanes of at least 4 members (excludes halogenated alkanes) is 2. The molecule has 1 atom stereocenters. The number of ether oxygens (including phenoxy) is 1. The van der Waals surface area contributed by atoms with Crippen LogP contribution in [0.15, 0.2) is 11.4 Å². The van der Waals surface area contributed by atoms with Gasteiger partial charge in [-0.15, -0.1) is 11.3 Å². The van der Waals surface area contributed by atoms with Crippen molar-refractivity contribution in [1.82, 2.24) is 5.32 Å². The minimum atomic E-state index is 0.596. The molecule has 0 fully saturated rings. The molecule has 1 heterocycles. The number of methoxy groups -OCH3 is 1. The molecular formula is C13H23NOS. The molecule has 0 radical (unpaired) electrons. The van der Waals surface area contributed by atoms with Crippen molar-refractivity contribution in [2.75, 3.05) is 7.11 Å². The second-order valence-corrected chi connectivity index (χ2v) is 5.19. The Bertz CT molecular complexity index is 285. The van der Waals surface area contributed by atoms with Gasteiger partial charge in [-0.25, -0.2) is 0 Å². The van der Waals surface area contributed by atoms with Gasteiger partial charge in [0.05, 0.1) is 12.0 Å². The summed E-state index contributed by atoms with van der Waals surface area (Å²) in [4.78, 5) is 1.30. The molecule has 0 aliphatic rings. The van der Waals surface area contributed by atoms with Crippen LogP contribution in [0.25, 0.3) is 0 Å². The summed E-state index contributed by atoms with van der Waals surface area (Å²) >= 11 is 1.76. The van der Waals surface area contributed by atoms with Gasteiger partial charge in [0, 0.05) is 12.6 Å². The maximum Gasteiger partial charge on any atom is 0.134 e. The molecule has 0 aromatic carbocycles. The predicted octanol–water partition coefficient (Wildman–Crippen LogP) is 3.82. The average Bonchev–Trinajstić information content (AvgIpc) is 2.74. The fraction of sp³-hybridized carbons (Fsp3) is 0.692. The fourth-order valence-corrected chi connectivity index (χ4v) is 2.50. The monoisotopic (exact) mass is 241 g/mol. The molecule has 1 aromatic rings. The highest BCUT2D eigenvalue weighted by Gasteiger charge is 2.06. The molecule has 1 rings (SSSR count). The number of hydrogen-bond donors (Lipinski definition) is 1. The average molecular weight is 241 g/mol. The van der Waals surface area contributed by atoms with Crippen LogP contribution in [-0.2, 0) is 6.54 Å². The van der Waals surface area contributed by atoms with Crippen LogP contribution < -0.4 is 10.1 Å². The topological polar surface area (TPSA) is 21.3 Å². The Morgan fingerprint density at radius 2 is 2.25 bits per heavy atom. The summed E-state index contributed by atoms with van der Waals surface area (Å²) in [5, 5.41) is 5.63. The van der Waals surface area contributed by atoms with Crippen molar-refractivity contribution in [3.05, 3.63) is 16.3 Å². The maximum atomic E-state index is 5.29. The summed E-state index contributed by atoms with van der Waals surface area (Å²) in [5.74, 6) is 1.01. The number of hydrogen-bond acceptors (Lipinski definition) is 3. The minimum Gasteiger partial charge on any atom is -0.496 e. The van der Waals surface area contributed by atoms with Gasteiger partial charge < -0.3 is 10.1 Å². The van der Waals surface area contributed by atoms with E-state index in [1.165, 1.54) is 30.6 Å². The molecule has 1 aromatic heterocycles. The van der Waals surface area contributed by atoms with Gasteiger partial charge in [-0.1, -0.05) is 26.2 Å². The van der Waals surface area contributed by atoms with E-state index in [-0.39, 0.29) is 0 Å². The zero-order valence-corrected chi connectivity index (χ0v) is 11.4. The molecule has 0 saturated carbocycles. The van der Waals surface area contributed by atoms with Crippen LogP contribution in [0.3, 0.4) is 0 Å². The quantitative estimate of drug-likeness (QED) is 0.699. The molecule has 0 amide bonds. The summed E-state index contributed by atoms with van der Waals surface area (Å²) in [6.07, 6.45) is 5.23. The van der Waals surface area contributed by atoms with Crippen LogP contribution >= 0.6 is 11.3 Å². The van der Waals surface area contributed by atoms with E-state index in [0.29, 0.717) is 6.04 Å². The smallest absolute Gasteiger partial charge is 0.134 e. The normalized spacial score (nSPS) is 12.7.